The molecule has 2 aromatic carbocycles. The van der Waals surface area contributed by atoms with Crippen LogP contribution in [0.4, 0.5) is 11.4 Å². The molecular formula is C18H21N3O5S. The summed E-state index contributed by atoms with van der Waals surface area (Å²) in [5, 5.41) is 11.1. The Kier molecular flexibility index (Phi) is 5.62. The van der Waals surface area contributed by atoms with Crippen molar-refractivity contribution < 1.29 is 18.1 Å². The minimum Gasteiger partial charge on any atom is -0.490 e. The van der Waals surface area contributed by atoms with Crippen LogP contribution in [-0.2, 0) is 10.0 Å². The maximum Gasteiger partial charge on any atom is 0.289 e. The molecule has 9 heteroatoms. The van der Waals surface area contributed by atoms with Crippen LogP contribution in [0.1, 0.15) is 12.8 Å². The zero-order valence-corrected chi connectivity index (χ0v) is 15.7. The van der Waals surface area contributed by atoms with Crippen LogP contribution >= 0.6 is 0 Å². The number of benzene rings is 2. The monoisotopic (exact) mass is 391 g/mol. The number of nitro benzene ring substituents is 1. The Hall–Kier alpha value is -2.65. The molecule has 8 nitrogen and oxygen atoms in total. The molecule has 0 bridgehead atoms. The number of likely N-dealkylation sites (tertiary alicyclic amines) is 1. The highest BCUT2D eigenvalue weighted by Gasteiger charge is 2.25. The standard InChI is InChI=1S/C18H21N3O5S/c1-20-12-10-16(11-13-20)26-15-8-6-14(7-9-15)19-27(24,25)18-5-3-2-4-17(18)21(22)23/h2-9,16,19H,10-13H2,1H3. The van der Waals surface area contributed by atoms with Gasteiger partial charge in [0.2, 0.25) is 0 Å². The van der Waals surface area contributed by atoms with Crippen molar-refractivity contribution in [2.75, 3.05) is 24.9 Å². The summed E-state index contributed by atoms with van der Waals surface area (Å²) >= 11 is 0. The third kappa shape index (κ3) is 4.75. The first kappa shape index (κ1) is 19.1. The zero-order valence-electron chi connectivity index (χ0n) is 14.9. The van der Waals surface area contributed by atoms with Gasteiger partial charge in [-0.05, 0) is 50.2 Å². The van der Waals surface area contributed by atoms with E-state index in [-0.39, 0.29) is 11.0 Å². The summed E-state index contributed by atoms with van der Waals surface area (Å²) in [6.45, 7) is 1.97. The fourth-order valence-corrected chi connectivity index (χ4v) is 4.17. The summed E-state index contributed by atoms with van der Waals surface area (Å²) < 4.78 is 33.3. The average Bonchev–Trinajstić information content (AvgIpc) is 2.65. The number of hydrogen-bond acceptors (Lipinski definition) is 6. The van der Waals surface area contributed by atoms with Gasteiger partial charge in [-0.1, -0.05) is 12.1 Å². The van der Waals surface area contributed by atoms with E-state index in [1.54, 1.807) is 24.3 Å². The second-order valence-corrected chi connectivity index (χ2v) is 8.13. The van der Waals surface area contributed by atoms with Gasteiger partial charge in [-0.25, -0.2) is 8.42 Å². The second kappa shape index (κ2) is 7.93. The van der Waals surface area contributed by atoms with E-state index >= 15 is 0 Å². The van der Waals surface area contributed by atoms with E-state index in [1.165, 1.54) is 18.2 Å². The Bertz CT molecular complexity index is 907. The summed E-state index contributed by atoms with van der Waals surface area (Å²) in [5.74, 6) is 0.665. The van der Waals surface area contributed by atoms with Crippen molar-refractivity contribution >= 4 is 21.4 Å². The number of sulfonamides is 1. The first-order valence-electron chi connectivity index (χ1n) is 8.57. The number of hydrogen-bond donors (Lipinski definition) is 1. The maximum atomic E-state index is 12.5. The molecule has 3 rings (SSSR count). The second-order valence-electron chi connectivity index (χ2n) is 6.48. The zero-order chi connectivity index (χ0) is 19.4. The Balaban J connectivity index is 1.70. The first-order valence-corrected chi connectivity index (χ1v) is 10.0. The molecular weight excluding hydrogens is 370 g/mol. The lowest BCUT2D eigenvalue weighted by molar-refractivity contribution is -0.387. The van der Waals surface area contributed by atoms with E-state index in [1.807, 2.05) is 0 Å². The van der Waals surface area contributed by atoms with Crippen molar-refractivity contribution in [2.45, 2.75) is 23.8 Å². The molecule has 0 saturated carbocycles. The van der Waals surface area contributed by atoms with E-state index in [0.717, 1.165) is 32.0 Å². The molecule has 0 aliphatic carbocycles. The van der Waals surface area contributed by atoms with Crippen molar-refractivity contribution in [3.63, 3.8) is 0 Å². The highest BCUT2D eigenvalue weighted by atomic mass is 32.2. The van der Waals surface area contributed by atoms with Crippen LogP contribution in [-0.4, -0.2) is 44.5 Å². The summed E-state index contributed by atoms with van der Waals surface area (Å²) in [7, 11) is -2.00. The van der Waals surface area contributed by atoms with Crippen molar-refractivity contribution in [1.29, 1.82) is 0 Å². The third-order valence-corrected chi connectivity index (χ3v) is 5.86. The van der Waals surface area contributed by atoms with E-state index in [4.69, 9.17) is 4.74 Å². The fourth-order valence-electron chi connectivity index (χ4n) is 2.94. The molecule has 144 valence electrons. The molecule has 0 radical (unpaired) electrons. The van der Waals surface area contributed by atoms with Crippen LogP contribution in [0.3, 0.4) is 0 Å². The van der Waals surface area contributed by atoms with Gasteiger partial charge in [0.1, 0.15) is 11.9 Å². The van der Waals surface area contributed by atoms with Crippen LogP contribution in [0.5, 0.6) is 5.75 Å². The van der Waals surface area contributed by atoms with Crippen molar-refractivity contribution in [3.05, 3.63) is 58.6 Å². The Morgan fingerprint density at radius 1 is 1.11 bits per heavy atom. The minimum absolute atomic E-state index is 0.149. The number of ether oxygens (including phenoxy) is 1. The number of para-hydroxylation sites is 1. The van der Waals surface area contributed by atoms with Gasteiger partial charge in [0.15, 0.2) is 4.90 Å². The highest BCUT2D eigenvalue weighted by Crippen LogP contribution is 2.26. The molecule has 1 N–H and O–H groups in total. The molecule has 27 heavy (non-hydrogen) atoms. The van der Waals surface area contributed by atoms with Crippen LogP contribution in [0.15, 0.2) is 53.4 Å². The number of rotatable bonds is 6. The smallest absolute Gasteiger partial charge is 0.289 e. The Morgan fingerprint density at radius 3 is 2.37 bits per heavy atom. The van der Waals surface area contributed by atoms with Crippen LogP contribution in [0.2, 0.25) is 0 Å². The van der Waals surface area contributed by atoms with Gasteiger partial charge < -0.3 is 9.64 Å². The molecule has 2 aromatic rings. The average molecular weight is 391 g/mol. The molecule has 0 spiro atoms. The maximum absolute atomic E-state index is 12.5. The summed E-state index contributed by atoms with van der Waals surface area (Å²) in [4.78, 5) is 12.2. The topological polar surface area (TPSA) is 102 Å². The Labute approximate surface area is 158 Å². The van der Waals surface area contributed by atoms with Crippen LogP contribution in [0.25, 0.3) is 0 Å². The van der Waals surface area contributed by atoms with E-state index < -0.39 is 20.6 Å². The fraction of sp³-hybridized carbons (Fsp3) is 0.333. The lowest BCUT2D eigenvalue weighted by Gasteiger charge is -2.29. The minimum atomic E-state index is -4.07. The summed E-state index contributed by atoms with van der Waals surface area (Å²) in [6.07, 6.45) is 2.04. The largest absolute Gasteiger partial charge is 0.490 e. The van der Waals surface area contributed by atoms with E-state index in [9.17, 15) is 18.5 Å². The molecule has 0 atom stereocenters. The van der Waals surface area contributed by atoms with Gasteiger partial charge in [-0.15, -0.1) is 0 Å². The molecule has 0 unspecified atom stereocenters. The van der Waals surface area contributed by atoms with Gasteiger partial charge in [0.25, 0.3) is 15.7 Å². The van der Waals surface area contributed by atoms with Crippen LogP contribution in [0, 0.1) is 10.1 Å². The number of nitro groups is 1. The van der Waals surface area contributed by atoms with Gasteiger partial charge in [0, 0.05) is 24.8 Å². The molecule has 0 amide bonds. The van der Waals surface area contributed by atoms with Gasteiger partial charge in [0.05, 0.1) is 4.92 Å². The number of nitrogens with zero attached hydrogens (tertiary/aromatic N) is 2. The van der Waals surface area contributed by atoms with Crippen molar-refractivity contribution in [3.8, 4) is 5.75 Å². The molecule has 1 fully saturated rings. The van der Waals surface area contributed by atoms with Gasteiger partial charge in [-0.2, -0.15) is 0 Å². The predicted octanol–water partition coefficient (Wildman–Crippen LogP) is 2.87. The third-order valence-electron chi connectivity index (χ3n) is 4.43. The van der Waals surface area contributed by atoms with E-state index in [0.29, 0.717) is 11.4 Å². The Morgan fingerprint density at radius 2 is 1.74 bits per heavy atom. The normalized spacial score (nSPS) is 16.0. The number of piperidine rings is 1. The van der Waals surface area contributed by atoms with Crippen molar-refractivity contribution in [1.82, 2.24) is 4.90 Å². The lowest BCUT2D eigenvalue weighted by atomic mass is 10.1. The quantitative estimate of drug-likeness (QED) is 0.600. The summed E-state index contributed by atoms with van der Waals surface area (Å²) in [6, 6.07) is 11.8. The lowest BCUT2D eigenvalue weighted by Crippen LogP contribution is -2.35. The SMILES string of the molecule is CN1CCC(Oc2ccc(NS(=O)(=O)c3ccccc3[N+](=O)[O-])cc2)CC1. The van der Waals surface area contributed by atoms with Gasteiger partial charge >= 0.3 is 0 Å². The highest BCUT2D eigenvalue weighted by molar-refractivity contribution is 7.92. The van der Waals surface area contributed by atoms with E-state index in [2.05, 4.69) is 16.7 Å². The van der Waals surface area contributed by atoms with Crippen molar-refractivity contribution in [2.24, 2.45) is 0 Å². The van der Waals surface area contributed by atoms with Crippen LogP contribution < -0.4 is 9.46 Å². The number of anilines is 1. The van der Waals surface area contributed by atoms with Gasteiger partial charge in [-0.3, -0.25) is 14.8 Å². The molecule has 0 aromatic heterocycles. The molecule has 1 saturated heterocycles. The first-order chi connectivity index (χ1) is 12.8. The molecule has 1 aliphatic heterocycles. The molecule has 1 heterocycles. The predicted molar refractivity (Wildman–Crippen MR) is 101 cm³/mol. The summed E-state index contributed by atoms with van der Waals surface area (Å²) in [5.41, 5.74) is -0.156. The molecule has 1 aliphatic rings. The number of nitrogens with one attached hydrogen (secondary N) is 1.